The topological polar surface area (TPSA) is 37.3 Å². The van der Waals surface area contributed by atoms with Crippen molar-refractivity contribution in [2.45, 2.75) is 37.0 Å². The molecule has 0 amide bonds. The summed E-state index contributed by atoms with van der Waals surface area (Å²) in [5.41, 5.74) is 0.797. The summed E-state index contributed by atoms with van der Waals surface area (Å²) < 4.78 is 23.1. The van der Waals surface area contributed by atoms with Crippen LogP contribution < -0.4 is 0 Å². The molecule has 1 aromatic rings. The highest BCUT2D eigenvalue weighted by atomic mass is 32.2. The fourth-order valence-corrected chi connectivity index (χ4v) is 4.22. The average Bonchev–Trinajstić information content (AvgIpc) is 2.82. The average molecular weight is 289 g/mol. The maximum atomic E-state index is 12.7. The lowest BCUT2D eigenvalue weighted by molar-refractivity contribution is 0.559. The van der Waals surface area contributed by atoms with Gasteiger partial charge in [0.1, 0.15) is 10.4 Å². The van der Waals surface area contributed by atoms with Gasteiger partial charge in [-0.05, 0) is 25.0 Å². The van der Waals surface area contributed by atoms with E-state index in [1.165, 1.54) is 5.92 Å². The second kappa shape index (κ2) is 6.33. The van der Waals surface area contributed by atoms with Gasteiger partial charge < -0.3 is 4.55 Å². The van der Waals surface area contributed by atoms with Crippen LogP contribution in [0.2, 0.25) is 0 Å². The van der Waals surface area contributed by atoms with Gasteiger partial charge in [-0.15, -0.1) is 6.58 Å². The van der Waals surface area contributed by atoms with Crippen LogP contribution in [0.1, 0.15) is 32.1 Å². The van der Waals surface area contributed by atoms with E-state index < -0.39 is 9.80 Å². The van der Waals surface area contributed by atoms with E-state index in [2.05, 4.69) is 13.2 Å². The first-order valence-electron chi connectivity index (χ1n) is 6.90. The van der Waals surface area contributed by atoms with Gasteiger partial charge in [-0.1, -0.05) is 24.3 Å². The Kier molecular flexibility index (Phi) is 4.73. The fraction of sp³-hybridized carbons (Fsp3) is 0.294. The molecule has 3 heteroatoms. The lowest BCUT2D eigenvalue weighted by atomic mass is 9.97. The van der Waals surface area contributed by atoms with E-state index in [9.17, 15) is 8.76 Å². The van der Waals surface area contributed by atoms with Crippen molar-refractivity contribution in [3.63, 3.8) is 0 Å². The summed E-state index contributed by atoms with van der Waals surface area (Å²) in [6.07, 6.45) is 6.35. The molecule has 20 heavy (non-hydrogen) atoms. The fourth-order valence-electron chi connectivity index (χ4n) is 2.55. The first-order valence-corrected chi connectivity index (χ1v) is 8.41. The van der Waals surface area contributed by atoms with Gasteiger partial charge in [0.15, 0.2) is 9.80 Å². The summed E-state index contributed by atoms with van der Waals surface area (Å²) in [7, 11) is -3.13. The monoisotopic (exact) mass is 289 g/mol. The number of hydrogen-bond donors (Lipinski definition) is 1. The molecule has 1 aliphatic carbocycles. The molecule has 2 nitrogen and oxygen atoms in total. The molecule has 0 bridgehead atoms. The van der Waals surface area contributed by atoms with Crippen LogP contribution in [0.15, 0.2) is 60.0 Å². The summed E-state index contributed by atoms with van der Waals surface area (Å²) in [4.78, 5) is 1.08. The van der Waals surface area contributed by atoms with E-state index in [-0.39, 0.29) is 0 Å². The molecule has 0 spiro atoms. The molecule has 1 atom stereocenters. The van der Waals surface area contributed by atoms with Crippen molar-refractivity contribution in [1.82, 2.24) is 0 Å². The van der Waals surface area contributed by atoms with Gasteiger partial charge in [0.2, 0.25) is 0 Å². The van der Waals surface area contributed by atoms with Crippen LogP contribution in [-0.2, 0) is 9.80 Å². The third kappa shape index (κ3) is 3.00. The standard InChI is InChI=1S/C17H20O2S/c1-3-4-6-9-15-12-13-17(14(15)2)20(18,19)16-10-7-5-8-11-16/h3,5,7-8,10-11H,1-2,4,6,9,12-13H2/p+1. The van der Waals surface area contributed by atoms with E-state index in [0.29, 0.717) is 16.2 Å². The van der Waals surface area contributed by atoms with E-state index in [1.807, 2.05) is 12.1 Å². The van der Waals surface area contributed by atoms with Crippen LogP contribution in [-0.4, -0.2) is 13.6 Å². The Labute approximate surface area is 122 Å². The maximum Gasteiger partial charge on any atom is 0.162 e. The molecule has 1 saturated carbocycles. The molecular weight excluding hydrogens is 268 g/mol. The molecule has 0 aromatic heterocycles. The molecule has 2 rings (SSSR count). The quantitative estimate of drug-likeness (QED) is 0.289. The van der Waals surface area contributed by atoms with Gasteiger partial charge >= 0.3 is 0 Å². The molecule has 0 heterocycles. The molecule has 106 valence electrons. The van der Waals surface area contributed by atoms with Gasteiger partial charge in [-0.25, -0.2) is 4.21 Å². The molecule has 1 aromatic carbocycles. The van der Waals surface area contributed by atoms with Crippen molar-refractivity contribution >= 4 is 14.7 Å². The minimum absolute atomic E-state index is 0.475. The van der Waals surface area contributed by atoms with Crippen molar-refractivity contribution in [2.75, 3.05) is 0 Å². The SMILES string of the molecule is C=CCCC[C+]1CCC(=S(=O)(O)c2ccccc2)C1=C. The van der Waals surface area contributed by atoms with Crippen molar-refractivity contribution < 1.29 is 8.76 Å². The van der Waals surface area contributed by atoms with Crippen LogP contribution in [0.5, 0.6) is 0 Å². The predicted molar refractivity (Wildman–Crippen MR) is 86.2 cm³/mol. The summed E-state index contributed by atoms with van der Waals surface area (Å²) in [6, 6.07) is 8.84. The minimum atomic E-state index is -3.13. The summed E-state index contributed by atoms with van der Waals surface area (Å²) in [6.45, 7) is 7.76. The Hall–Kier alpha value is -1.45. The third-order valence-electron chi connectivity index (χ3n) is 3.70. The number of unbranched alkanes of at least 4 members (excludes halogenated alkanes) is 1. The van der Waals surface area contributed by atoms with Crippen LogP contribution in [0, 0.1) is 5.92 Å². The number of rotatable bonds is 5. The first kappa shape index (κ1) is 14.9. The van der Waals surface area contributed by atoms with Crippen molar-refractivity contribution in [1.29, 1.82) is 0 Å². The van der Waals surface area contributed by atoms with Gasteiger partial charge in [0.25, 0.3) is 0 Å². The van der Waals surface area contributed by atoms with Gasteiger partial charge in [0.05, 0.1) is 4.90 Å². The zero-order chi connectivity index (χ0) is 14.6. The van der Waals surface area contributed by atoms with Gasteiger partial charge in [-0.2, -0.15) is 0 Å². The Morgan fingerprint density at radius 2 is 2.05 bits per heavy atom. The van der Waals surface area contributed by atoms with E-state index >= 15 is 0 Å². The predicted octanol–water partition coefficient (Wildman–Crippen LogP) is 4.26. The molecule has 1 unspecified atom stereocenters. The summed E-state index contributed by atoms with van der Waals surface area (Å²) >= 11 is 0. The van der Waals surface area contributed by atoms with Crippen LogP contribution in [0.25, 0.3) is 0 Å². The summed E-state index contributed by atoms with van der Waals surface area (Å²) in [5, 5.41) is 0. The summed E-state index contributed by atoms with van der Waals surface area (Å²) in [5.74, 6) is 1.22. The Bertz CT molecular complexity index is 607. The molecule has 1 N–H and O–H groups in total. The van der Waals surface area contributed by atoms with E-state index in [0.717, 1.165) is 31.3 Å². The van der Waals surface area contributed by atoms with Crippen LogP contribution in [0.4, 0.5) is 0 Å². The first-order chi connectivity index (χ1) is 9.57. The molecule has 0 saturated heterocycles. The maximum absolute atomic E-state index is 12.7. The van der Waals surface area contributed by atoms with E-state index in [1.54, 1.807) is 24.3 Å². The van der Waals surface area contributed by atoms with Gasteiger partial charge in [-0.3, -0.25) is 0 Å². The normalized spacial score (nSPS) is 18.1. The largest absolute Gasteiger partial charge is 0.300 e. The second-order valence-electron chi connectivity index (χ2n) is 5.03. The molecular formula is C17H21O2S+. The molecule has 0 aliphatic heterocycles. The smallest absolute Gasteiger partial charge is 0.162 e. The minimum Gasteiger partial charge on any atom is -0.300 e. The second-order valence-corrected chi connectivity index (χ2v) is 7.04. The highest BCUT2D eigenvalue weighted by Gasteiger charge is 2.37. The number of benzene rings is 1. The number of hydrogen-bond acceptors (Lipinski definition) is 1. The van der Waals surface area contributed by atoms with Crippen LogP contribution >= 0.6 is 0 Å². The zero-order valence-electron chi connectivity index (χ0n) is 11.7. The molecule has 1 aliphatic rings. The molecule has 1 fully saturated rings. The van der Waals surface area contributed by atoms with Crippen molar-refractivity contribution in [3.05, 3.63) is 61.1 Å². The number of allylic oxidation sites excluding steroid dienone is 2. The van der Waals surface area contributed by atoms with Crippen LogP contribution in [0.3, 0.4) is 0 Å². The Morgan fingerprint density at radius 3 is 2.70 bits per heavy atom. The third-order valence-corrected chi connectivity index (χ3v) is 5.73. The Morgan fingerprint density at radius 1 is 1.35 bits per heavy atom. The highest BCUT2D eigenvalue weighted by molar-refractivity contribution is 7.97. The van der Waals surface area contributed by atoms with E-state index in [4.69, 9.17) is 0 Å². The molecule has 0 radical (unpaired) electrons. The highest BCUT2D eigenvalue weighted by Crippen LogP contribution is 2.35. The van der Waals surface area contributed by atoms with Gasteiger partial charge in [0, 0.05) is 31.8 Å². The zero-order valence-corrected chi connectivity index (χ0v) is 12.5. The Balaban J connectivity index is 2.25. The van der Waals surface area contributed by atoms with Crippen molar-refractivity contribution in [2.24, 2.45) is 0 Å². The van der Waals surface area contributed by atoms with Crippen molar-refractivity contribution in [3.8, 4) is 0 Å². The lowest BCUT2D eigenvalue weighted by Crippen LogP contribution is -2.13. The lowest BCUT2D eigenvalue weighted by Gasteiger charge is -2.06.